The van der Waals surface area contributed by atoms with Gasteiger partial charge in [-0.05, 0) is 43.9 Å². The standard InChI is InChI=1S/C33H41NO4/c1-25-22-34(21-20-30(25)38-31(36)32(2,3)4)23-29(35)24-37-33(26-14-8-5-9-15-26,27-16-10-6-11-17-27)28-18-12-7-13-19-28/h5-19,25,29-30,35H,20-24H2,1-4H3/t25-,29?,30-/m0/s1. The summed E-state index contributed by atoms with van der Waals surface area (Å²) in [6.45, 7) is 9.96. The SMILES string of the molecule is C[C@H]1CN(CC(O)COC(c2ccccc2)(c2ccccc2)c2ccccc2)CC[C@@H]1OC(=O)C(C)(C)C. The number of esters is 1. The van der Waals surface area contributed by atoms with Gasteiger partial charge in [-0.15, -0.1) is 0 Å². The minimum Gasteiger partial charge on any atom is -0.462 e. The third-order valence-corrected chi connectivity index (χ3v) is 7.28. The molecule has 5 heteroatoms. The van der Waals surface area contributed by atoms with Crippen molar-refractivity contribution >= 4 is 5.97 Å². The van der Waals surface area contributed by atoms with Gasteiger partial charge in [-0.3, -0.25) is 4.79 Å². The summed E-state index contributed by atoms with van der Waals surface area (Å²) in [6, 6.07) is 30.6. The average molecular weight is 516 g/mol. The van der Waals surface area contributed by atoms with E-state index < -0.39 is 17.1 Å². The summed E-state index contributed by atoms with van der Waals surface area (Å²) in [5.74, 6) is 0.0375. The molecule has 0 aliphatic carbocycles. The van der Waals surface area contributed by atoms with Crippen LogP contribution in [0.3, 0.4) is 0 Å². The van der Waals surface area contributed by atoms with E-state index in [1.165, 1.54) is 0 Å². The van der Waals surface area contributed by atoms with E-state index in [2.05, 4.69) is 48.2 Å². The molecule has 1 aliphatic heterocycles. The van der Waals surface area contributed by atoms with Crippen LogP contribution in [0.4, 0.5) is 0 Å². The van der Waals surface area contributed by atoms with E-state index in [1.807, 2.05) is 75.4 Å². The van der Waals surface area contributed by atoms with Crippen LogP contribution in [0.1, 0.15) is 50.8 Å². The maximum atomic E-state index is 12.4. The summed E-state index contributed by atoms with van der Waals surface area (Å²) < 4.78 is 12.6. The van der Waals surface area contributed by atoms with Crippen molar-refractivity contribution in [3.63, 3.8) is 0 Å². The molecule has 0 bridgehead atoms. The first kappa shape index (κ1) is 28.0. The Bertz CT molecular complexity index is 1050. The van der Waals surface area contributed by atoms with Crippen LogP contribution >= 0.6 is 0 Å². The lowest BCUT2D eigenvalue weighted by Crippen LogP contribution is -2.48. The molecule has 0 amide bonds. The predicted molar refractivity (Wildman–Crippen MR) is 151 cm³/mol. The summed E-state index contributed by atoms with van der Waals surface area (Å²) in [4.78, 5) is 14.6. The number of likely N-dealkylation sites (tertiary alicyclic amines) is 1. The molecule has 0 radical (unpaired) electrons. The molecule has 3 atom stereocenters. The number of ether oxygens (including phenoxy) is 2. The van der Waals surface area contributed by atoms with Crippen LogP contribution in [0.2, 0.25) is 0 Å². The fourth-order valence-electron chi connectivity index (χ4n) is 5.21. The Hall–Kier alpha value is -2.99. The minimum atomic E-state index is -0.855. The summed E-state index contributed by atoms with van der Waals surface area (Å²) in [7, 11) is 0. The second kappa shape index (κ2) is 12.2. The molecule has 4 rings (SSSR count). The van der Waals surface area contributed by atoms with Crippen LogP contribution in [-0.2, 0) is 19.9 Å². The van der Waals surface area contributed by atoms with Gasteiger partial charge in [0.2, 0.25) is 0 Å². The van der Waals surface area contributed by atoms with Crippen molar-refractivity contribution < 1.29 is 19.4 Å². The highest BCUT2D eigenvalue weighted by atomic mass is 16.5. The van der Waals surface area contributed by atoms with E-state index in [9.17, 15) is 9.90 Å². The zero-order valence-corrected chi connectivity index (χ0v) is 23.0. The molecule has 1 saturated heterocycles. The molecule has 1 N–H and O–H groups in total. The van der Waals surface area contributed by atoms with Gasteiger partial charge in [0.15, 0.2) is 0 Å². The van der Waals surface area contributed by atoms with E-state index in [4.69, 9.17) is 9.47 Å². The fraction of sp³-hybridized carbons (Fsp3) is 0.424. The van der Waals surface area contributed by atoms with E-state index in [0.29, 0.717) is 6.54 Å². The summed E-state index contributed by atoms with van der Waals surface area (Å²) in [6.07, 6.45) is -0.00177. The summed E-state index contributed by atoms with van der Waals surface area (Å²) in [5, 5.41) is 11.2. The van der Waals surface area contributed by atoms with Gasteiger partial charge in [-0.25, -0.2) is 0 Å². The molecule has 1 aliphatic rings. The number of hydrogen-bond acceptors (Lipinski definition) is 5. The Morgan fingerprint density at radius 1 is 0.895 bits per heavy atom. The summed E-state index contributed by atoms with van der Waals surface area (Å²) in [5.41, 5.74) is 1.68. The lowest BCUT2D eigenvalue weighted by Gasteiger charge is -2.39. The number of aliphatic hydroxyl groups is 1. The van der Waals surface area contributed by atoms with Gasteiger partial charge in [-0.2, -0.15) is 0 Å². The number of carbonyl (C=O) groups is 1. The van der Waals surface area contributed by atoms with E-state index in [-0.39, 0.29) is 24.6 Å². The highest BCUT2D eigenvalue weighted by molar-refractivity contribution is 5.75. The lowest BCUT2D eigenvalue weighted by atomic mass is 9.80. The third kappa shape index (κ3) is 6.52. The van der Waals surface area contributed by atoms with Crippen molar-refractivity contribution in [2.75, 3.05) is 26.2 Å². The fourth-order valence-corrected chi connectivity index (χ4v) is 5.21. The lowest BCUT2D eigenvalue weighted by molar-refractivity contribution is -0.164. The molecule has 0 saturated carbocycles. The van der Waals surface area contributed by atoms with Crippen LogP contribution < -0.4 is 0 Å². The molecule has 1 fully saturated rings. The Morgan fingerprint density at radius 3 is 1.79 bits per heavy atom. The number of β-amino-alcohol motifs (C(OH)–C–C–N with tert-alkyl or cyclic N) is 1. The van der Waals surface area contributed by atoms with Gasteiger partial charge < -0.3 is 19.5 Å². The second-order valence-electron chi connectivity index (χ2n) is 11.5. The number of hydrogen-bond donors (Lipinski definition) is 1. The number of rotatable bonds is 9. The van der Waals surface area contributed by atoms with Crippen molar-refractivity contribution in [3.8, 4) is 0 Å². The molecule has 3 aromatic carbocycles. The predicted octanol–water partition coefficient (Wildman–Crippen LogP) is 5.66. The highest BCUT2D eigenvalue weighted by Crippen LogP contribution is 2.40. The first-order chi connectivity index (χ1) is 18.2. The average Bonchev–Trinajstić information content (AvgIpc) is 2.92. The first-order valence-corrected chi connectivity index (χ1v) is 13.6. The summed E-state index contributed by atoms with van der Waals surface area (Å²) >= 11 is 0. The molecule has 38 heavy (non-hydrogen) atoms. The third-order valence-electron chi connectivity index (χ3n) is 7.28. The number of piperidine rings is 1. The zero-order valence-electron chi connectivity index (χ0n) is 23.0. The molecule has 5 nitrogen and oxygen atoms in total. The Labute approximate surface area is 227 Å². The number of carbonyl (C=O) groups excluding carboxylic acids is 1. The second-order valence-corrected chi connectivity index (χ2v) is 11.5. The topological polar surface area (TPSA) is 59.0 Å². The van der Waals surface area contributed by atoms with E-state index in [1.54, 1.807) is 0 Å². The Kier molecular flexibility index (Phi) is 9.03. The highest BCUT2D eigenvalue weighted by Gasteiger charge is 2.38. The van der Waals surface area contributed by atoms with Crippen molar-refractivity contribution in [1.82, 2.24) is 4.90 Å². The Balaban J connectivity index is 1.48. The largest absolute Gasteiger partial charge is 0.462 e. The Morgan fingerprint density at radius 2 is 1.37 bits per heavy atom. The van der Waals surface area contributed by atoms with Crippen LogP contribution in [0.25, 0.3) is 0 Å². The maximum Gasteiger partial charge on any atom is 0.311 e. The van der Waals surface area contributed by atoms with Gasteiger partial charge in [0.25, 0.3) is 0 Å². The normalized spacial score (nSPS) is 19.6. The van der Waals surface area contributed by atoms with Crippen LogP contribution in [0.5, 0.6) is 0 Å². The maximum absolute atomic E-state index is 12.4. The molecule has 0 aromatic heterocycles. The molecular weight excluding hydrogens is 474 g/mol. The monoisotopic (exact) mass is 515 g/mol. The smallest absolute Gasteiger partial charge is 0.311 e. The van der Waals surface area contributed by atoms with Gasteiger partial charge in [0, 0.05) is 25.6 Å². The van der Waals surface area contributed by atoms with Crippen molar-refractivity contribution in [2.45, 2.75) is 51.9 Å². The van der Waals surface area contributed by atoms with Gasteiger partial charge in [0.1, 0.15) is 11.7 Å². The van der Waals surface area contributed by atoms with Gasteiger partial charge in [-0.1, -0.05) is 97.9 Å². The van der Waals surface area contributed by atoms with E-state index in [0.717, 1.165) is 36.2 Å². The first-order valence-electron chi connectivity index (χ1n) is 13.6. The number of benzene rings is 3. The number of nitrogens with zero attached hydrogens (tertiary/aromatic N) is 1. The van der Waals surface area contributed by atoms with Crippen LogP contribution in [-0.4, -0.2) is 54.4 Å². The molecule has 3 aromatic rings. The molecular formula is C33H41NO4. The molecule has 1 unspecified atom stereocenters. The molecule has 0 spiro atoms. The van der Waals surface area contributed by atoms with Crippen molar-refractivity contribution in [1.29, 1.82) is 0 Å². The van der Waals surface area contributed by atoms with Crippen molar-refractivity contribution in [2.24, 2.45) is 11.3 Å². The quantitative estimate of drug-likeness (QED) is 0.295. The van der Waals surface area contributed by atoms with Crippen LogP contribution in [0, 0.1) is 11.3 Å². The zero-order chi connectivity index (χ0) is 27.2. The van der Waals surface area contributed by atoms with Crippen LogP contribution in [0.15, 0.2) is 91.0 Å². The van der Waals surface area contributed by atoms with Crippen molar-refractivity contribution in [3.05, 3.63) is 108 Å². The van der Waals surface area contributed by atoms with Gasteiger partial charge >= 0.3 is 5.97 Å². The minimum absolute atomic E-state index is 0.0896. The molecule has 202 valence electrons. The van der Waals surface area contributed by atoms with E-state index >= 15 is 0 Å². The molecule has 1 heterocycles. The van der Waals surface area contributed by atoms with Gasteiger partial charge in [0.05, 0.1) is 18.1 Å². The number of aliphatic hydroxyl groups excluding tert-OH is 1.